The fraction of sp³-hybridized carbons (Fsp3) is 0.667. The highest BCUT2D eigenvalue weighted by molar-refractivity contribution is 7.03. The number of carbonyl (C=O) groups excluding carboxylic acids is 1. The number of nitrogens with zero attached hydrogens (tertiary/aromatic N) is 2. The Kier molecular flexibility index (Phi) is 3.27. The van der Waals surface area contributed by atoms with Gasteiger partial charge in [0.05, 0.1) is 0 Å². The van der Waals surface area contributed by atoms with E-state index in [4.69, 9.17) is 5.11 Å². The topological polar surface area (TPSA) is 75.1 Å². The molecule has 5 nitrogen and oxygen atoms in total. The van der Waals surface area contributed by atoms with Crippen LogP contribution in [-0.4, -0.2) is 33.2 Å². The average molecular weight is 227 g/mol. The molecule has 0 spiro atoms. The van der Waals surface area contributed by atoms with Crippen molar-refractivity contribution in [1.82, 2.24) is 14.9 Å². The number of aliphatic hydroxyl groups is 1. The largest absolute Gasteiger partial charge is 0.396 e. The van der Waals surface area contributed by atoms with Gasteiger partial charge in [-0.15, -0.1) is 5.10 Å². The molecular weight excluding hydrogens is 214 g/mol. The summed E-state index contributed by atoms with van der Waals surface area (Å²) < 4.78 is 3.64. The minimum atomic E-state index is -0.186. The quantitative estimate of drug-likeness (QED) is 0.785. The molecule has 1 aromatic rings. The van der Waals surface area contributed by atoms with E-state index in [2.05, 4.69) is 14.9 Å². The number of nitrogens with one attached hydrogen (secondary N) is 1. The lowest BCUT2D eigenvalue weighted by molar-refractivity contribution is 0.0911. The number of hydrogen-bond donors (Lipinski definition) is 2. The van der Waals surface area contributed by atoms with Crippen molar-refractivity contribution in [2.75, 3.05) is 6.61 Å². The zero-order valence-electron chi connectivity index (χ0n) is 8.22. The van der Waals surface area contributed by atoms with Crippen molar-refractivity contribution in [3.63, 3.8) is 0 Å². The van der Waals surface area contributed by atoms with Crippen LogP contribution in [0.5, 0.6) is 0 Å². The van der Waals surface area contributed by atoms with Crippen LogP contribution in [0.2, 0.25) is 0 Å². The fourth-order valence-corrected chi connectivity index (χ4v) is 2.39. The van der Waals surface area contributed by atoms with E-state index < -0.39 is 0 Å². The van der Waals surface area contributed by atoms with Gasteiger partial charge in [0.15, 0.2) is 5.69 Å². The summed E-state index contributed by atoms with van der Waals surface area (Å²) in [5.74, 6) is 0.00893. The third-order valence-electron chi connectivity index (χ3n) is 2.80. The molecule has 1 aromatic heterocycles. The van der Waals surface area contributed by atoms with Crippen molar-refractivity contribution in [2.24, 2.45) is 5.92 Å². The Balaban J connectivity index is 1.94. The van der Waals surface area contributed by atoms with Crippen molar-refractivity contribution >= 4 is 17.4 Å². The summed E-state index contributed by atoms with van der Waals surface area (Å²) in [5, 5.41) is 17.3. The molecule has 1 aliphatic rings. The maximum Gasteiger partial charge on any atom is 0.272 e. The number of aliphatic hydroxyl groups excluding tert-OH is 1. The van der Waals surface area contributed by atoms with E-state index in [-0.39, 0.29) is 24.5 Å². The van der Waals surface area contributed by atoms with Gasteiger partial charge < -0.3 is 10.4 Å². The molecule has 1 saturated carbocycles. The second kappa shape index (κ2) is 4.67. The Morgan fingerprint density at radius 1 is 1.67 bits per heavy atom. The maximum absolute atomic E-state index is 11.6. The lowest BCUT2D eigenvalue weighted by atomic mass is 10.1. The highest BCUT2D eigenvalue weighted by Crippen LogP contribution is 2.25. The highest BCUT2D eigenvalue weighted by atomic mass is 32.1. The summed E-state index contributed by atoms with van der Waals surface area (Å²) in [6, 6.07) is 0.0872. The number of rotatable bonds is 3. The van der Waals surface area contributed by atoms with E-state index >= 15 is 0 Å². The molecule has 1 amide bonds. The second-order valence-electron chi connectivity index (χ2n) is 3.74. The van der Waals surface area contributed by atoms with Gasteiger partial charge in [-0.2, -0.15) is 0 Å². The molecule has 0 aromatic carbocycles. The minimum absolute atomic E-state index is 0.0872. The third kappa shape index (κ3) is 2.32. The summed E-state index contributed by atoms with van der Waals surface area (Å²) in [5.41, 5.74) is 0.364. The molecule has 0 bridgehead atoms. The van der Waals surface area contributed by atoms with Gasteiger partial charge >= 0.3 is 0 Å². The van der Waals surface area contributed by atoms with Crippen LogP contribution in [0.25, 0.3) is 0 Å². The minimum Gasteiger partial charge on any atom is -0.396 e. The van der Waals surface area contributed by atoms with Crippen LogP contribution in [0.4, 0.5) is 0 Å². The van der Waals surface area contributed by atoms with Crippen molar-refractivity contribution in [3.8, 4) is 0 Å². The van der Waals surface area contributed by atoms with Crippen molar-refractivity contribution in [2.45, 2.75) is 25.3 Å². The molecule has 6 heteroatoms. The zero-order valence-corrected chi connectivity index (χ0v) is 9.04. The van der Waals surface area contributed by atoms with Gasteiger partial charge in [-0.3, -0.25) is 4.79 Å². The first-order valence-corrected chi connectivity index (χ1v) is 5.83. The summed E-state index contributed by atoms with van der Waals surface area (Å²) in [6.07, 6.45) is 2.98. The van der Waals surface area contributed by atoms with E-state index in [9.17, 15) is 4.79 Å². The molecule has 1 aliphatic carbocycles. The number of aromatic nitrogens is 2. The Bertz CT molecular complexity index is 328. The van der Waals surface area contributed by atoms with Gasteiger partial charge in [0.2, 0.25) is 0 Å². The molecule has 1 fully saturated rings. The van der Waals surface area contributed by atoms with Crippen molar-refractivity contribution in [3.05, 3.63) is 11.1 Å². The summed E-state index contributed by atoms with van der Waals surface area (Å²) in [7, 11) is 0. The van der Waals surface area contributed by atoms with Crippen LogP contribution in [-0.2, 0) is 0 Å². The van der Waals surface area contributed by atoms with E-state index in [1.165, 1.54) is 0 Å². The number of carbonyl (C=O) groups is 1. The van der Waals surface area contributed by atoms with Gasteiger partial charge in [-0.25, -0.2) is 0 Å². The number of amides is 1. The monoisotopic (exact) mass is 227 g/mol. The Hall–Kier alpha value is -1.01. The SMILES string of the molecule is O=C(NC1CCCC1CO)c1csnn1. The van der Waals surface area contributed by atoms with Gasteiger partial charge in [0.25, 0.3) is 5.91 Å². The van der Waals surface area contributed by atoms with Gasteiger partial charge in [-0.05, 0) is 24.4 Å². The maximum atomic E-state index is 11.6. The molecule has 2 N–H and O–H groups in total. The van der Waals surface area contributed by atoms with Gasteiger partial charge in [0.1, 0.15) is 0 Å². The fourth-order valence-electron chi connectivity index (χ4n) is 1.95. The normalized spacial score (nSPS) is 25.4. The molecule has 0 saturated heterocycles. The van der Waals surface area contributed by atoms with Crippen molar-refractivity contribution in [1.29, 1.82) is 0 Å². The van der Waals surface area contributed by atoms with Crippen LogP contribution in [0.3, 0.4) is 0 Å². The van der Waals surface area contributed by atoms with Crippen LogP contribution < -0.4 is 5.32 Å². The Morgan fingerprint density at radius 3 is 3.20 bits per heavy atom. The smallest absolute Gasteiger partial charge is 0.272 e. The Labute approximate surface area is 91.7 Å². The van der Waals surface area contributed by atoms with Crippen LogP contribution >= 0.6 is 11.5 Å². The predicted octanol–water partition coefficient (Wildman–Crippen LogP) is 0.429. The van der Waals surface area contributed by atoms with Gasteiger partial charge in [0, 0.05) is 23.9 Å². The molecule has 0 radical (unpaired) electrons. The van der Waals surface area contributed by atoms with Gasteiger partial charge in [-0.1, -0.05) is 10.9 Å². The molecule has 82 valence electrons. The molecule has 0 aliphatic heterocycles. The standard InChI is InChI=1S/C9H13N3O2S/c13-4-6-2-1-3-7(6)10-9(14)8-5-15-12-11-8/h5-7,13H,1-4H2,(H,10,14). The lowest BCUT2D eigenvalue weighted by Crippen LogP contribution is -2.38. The van der Waals surface area contributed by atoms with E-state index in [1.807, 2.05) is 0 Å². The Morgan fingerprint density at radius 2 is 2.53 bits per heavy atom. The van der Waals surface area contributed by atoms with E-state index in [0.29, 0.717) is 5.69 Å². The number of hydrogen-bond acceptors (Lipinski definition) is 5. The summed E-state index contributed by atoms with van der Waals surface area (Å²) in [6.45, 7) is 0.139. The molecule has 2 unspecified atom stereocenters. The molecular formula is C9H13N3O2S. The van der Waals surface area contributed by atoms with Crippen LogP contribution in [0, 0.1) is 5.92 Å². The van der Waals surface area contributed by atoms with Crippen LogP contribution in [0.1, 0.15) is 29.8 Å². The third-order valence-corrected chi connectivity index (χ3v) is 3.31. The summed E-state index contributed by atoms with van der Waals surface area (Å²) >= 11 is 1.16. The summed E-state index contributed by atoms with van der Waals surface area (Å²) in [4.78, 5) is 11.6. The van der Waals surface area contributed by atoms with E-state index in [1.54, 1.807) is 5.38 Å². The molecule has 2 atom stereocenters. The average Bonchev–Trinajstić information content (AvgIpc) is 2.87. The highest BCUT2D eigenvalue weighted by Gasteiger charge is 2.28. The first-order valence-electron chi connectivity index (χ1n) is 5.00. The zero-order chi connectivity index (χ0) is 10.7. The van der Waals surface area contributed by atoms with Crippen LogP contribution in [0.15, 0.2) is 5.38 Å². The first-order chi connectivity index (χ1) is 7.31. The predicted molar refractivity (Wildman–Crippen MR) is 55.6 cm³/mol. The van der Waals surface area contributed by atoms with E-state index in [0.717, 1.165) is 30.8 Å². The molecule has 1 heterocycles. The first kappa shape index (κ1) is 10.5. The molecule has 15 heavy (non-hydrogen) atoms. The second-order valence-corrected chi connectivity index (χ2v) is 4.35. The lowest BCUT2D eigenvalue weighted by Gasteiger charge is -2.17. The molecule has 2 rings (SSSR count). The van der Waals surface area contributed by atoms with Crippen molar-refractivity contribution < 1.29 is 9.90 Å².